The quantitative estimate of drug-likeness (QED) is 0.194. The Bertz CT molecular complexity index is 2510. The molecular formula is C41H31FN4S. The van der Waals surface area contributed by atoms with Gasteiger partial charge >= 0.3 is 0 Å². The number of para-hydroxylation sites is 2. The van der Waals surface area contributed by atoms with E-state index < -0.39 is 6.17 Å². The number of rotatable bonds is 4. The molecule has 1 unspecified atom stereocenters. The molecule has 1 aliphatic heterocycles. The fourth-order valence-corrected chi connectivity index (χ4v) is 8.40. The van der Waals surface area contributed by atoms with Gasteiger partial charge in [-0.3, -0.25) is 4.90 Å². The Labute approximate surface area is 276 Å². The smallest absolute Gasteiger partial charge is 0.150 e. The number of fused-ring (bicyclic) bond motifs is 6. The van der Waals surface area contributed by atoms with Gasteiger partial charge in [-0.05, 0) is 71.3 Å². The molecule has 0 N–H and O–H groups in total. The van der Waals surface area contributed by atoms with E-state index in [1.807, 2.05) is 80.0 Å². The van der Waals surface area contributed by atoms with Gasteiger partial charge in [0.1, 0.15) is 11.6 Å². The Balaban J connectivity index is 1.16. The lowest BCUT2D eigenvalue weighted by Crippen LogP contribution is -2.31. The average molecular weight is 631 g/mol. The molecule has 3 aromatic heterocycles. The molecule has 1 aliphatic rings. The Morgan fingerprint density at radius 2 is 1.51 bits per heavy atom. The Hall–Kier alpha value is -5.33. The summed E-state index contributed by atoms with van der Waals surface area (Å²) >= 11 is 1.81. The molecular weight excluding hydrogens is 600 g/mol. The maximum atomic E-state index is 16.6. The normalized spacial score (nSPS) is 14.4. The molecule has 4 heterocycles. The van der Waals surface area contributed by atoms with Gasteiger partial charge in [-0.15, -0.1) is 11.3 Å². The van der Waals surface area contributed by atoms with Crippen LogP contribution in [0.4, 0.5) is 21.6 Å². The zero-order valence-electron chi connectivity index (χ0n) is 26.3. The van der Waals surface area contributed by atoms with Gasteiger partial charge in [0.15, 0.2) is 6.17 Å². The highest BCUT2D eigenvalue weighted by molar-refractivity contribution is 7.25. The summed E-state index contributed by atoms with van der Waals surface area (Å²) in [5.74, 6) is 1.69. The lowest BCUT2D eigenvalue weighted by atomic mass is 9.74. The van der Waals surface area contributed by atoms with E-state index in [0.29, 0.717) is 11.1 Å². The van der Waals surface area contributed by atoms with Gasteiger partial charge in [0, 0.05) is 55.6 Å². The standard InChI is InChI=1S/C41H31FN4S/c1-41(2)31-16-10-20-43-40(31)46(35-24-37-30(23-32(35)41)29-15-4-7-19-36(29)47-37)28-14-9-12-26(22-28)38(42)25-11-8-13-27(21-25)39-44-33-17-5-6-18-34(33)45(39)3/h4-24,38H,1-3H3. The summed E-state index contributed by atoms with van der Waals surface area (Å²) in [5.41, 5.74) is 8.10. The summed E-state index contributed by atoms with van der Waals surface area (Å²) < 4.78 is 21.2. The van der Waals surface area contributed by atoms with E-state index in [4.69, 9.17) is 9.97 Å². The molecule has 0 bridgehead atoms. The van der Waals surface area contributed by atoms with Gasteiger partial charge < -0.3 is 4.57 Å². The molecule has 47 heavy (non-hydrogen) atoms. The molecule has 6 heteroatoms. The van der Waals surface area contributed by atoms with Crippen molar-refractivity contribution >= 4 is 59.7 Å². The van der Waals surface area contributed by atoms with Crippen LogP contribution >= 0.6 is 11.3 Å². The SMILES string of the molecule is Cn1c(-c2cccc(C(F)c3cccc(N4c5cc6sc7ccccc7c6cc5C(C)(C)c5cccnc54)c3)c2)nc2ccccc21. The molecule has 4 nitrogen and oxygen atoms in total. The van der Waals surface area contributed by atoms with E-state index in [2.05, 4.69) is 77.9 Å². The number of hydrogen-bond donors (Lipinski definition) is 0. The number of aromatic nitrogens is 3. The van der Waals surface area contributed by atoms with Gasteiger partial charge in [0.25, 0.3) is 0 Å². The van der Waals surface area contributed by atoms with E-state index >= 15 is 4.39 Å². The first-order valence-corrected chi connectivity index (χ1v) is 16.7. The fourth-order valence-electron chi connectivity index (χ4n) is 7.28. The van der Waals surface area contributed by atoms with E-state index in [1.54, 1.807) is 11.3 Å². The molecule has 8 aromatic rings. The predicted octanol–water partition coefficient (Wildman–Crippen LogP) is 11.2. The Morgan fingerprint density at radius 1 is 0.723 bits per heavy atom. The lowest BCUT2D eigenvalue weighted by Gasteiger charge is -2.41. The minimum atomic E-state index is -1.32. The highest BCUT2D eigenvalue weighted by Crippen LogP contribution is 2.53. The minimum Gasteiger partial charge on any atom is -0.327 e. The van der Waals surface area contributed by atoms with Crippen LogP contribution < -0.4 is 4.90 Å². The van der Waals surface area contributed by atoms with Crippen molar-refractivity contribution in [2.75, 3.05) is 4.90 Å². The van der Waals surface area contributed by atoms with Gasteiger partial charge in [-0.2, -0.15) is 0 Å². The number of nitrogens with zero attached hydrogens (tertiary/aromatic N) is 4. The van der Waals surface area contributed by atoms with Crippen LogP contribution in [0.1, 0.15) is 42.3 Å². The summed E-state index contributed by atoms with van der Waals surface area (Å²) in [5, 5.41) is 2.54. The lowest BCUT2D eigenvalue weighted by molar-refractivity contribution is 0.402. The zero-order chi connectivity index (χ0) is 31.9. The number of thiophene rings is 1. The number of benzene rings is 5. The van der Waals surface area contributed by atoms with Gasteiger partial charge in [0.2, 0.25) is 0 Å². The van der Waals surface area contributed by atoms with Crippen molar-refractivity contribution < 1.29 is 4.39 Å². The summed E-state index contributed by atoms with van der Waals surface area (Å²) in [6.45, 7) is 4.55. The molecule has 0 spiro atoms. The van der Waals surface area contributed by atoms with Crippen LogP contribution in [0.3, 0.4) is 0 Å². The third-order valence-electron chi connectivity index (χ3n) is 9.73. The van der Waals surface area contributed by atoms with Crippen LogP contribution in [0.5, 0.6) is 0 Å². The van der Waals surface area contributed by atoms with Crippen molar-refractivity contribution in [2.45, 2.75) is 25.4 Å². The first-order chi connectivity index (χ1) is 22.9. The van der Waals surface area contributed by atoms with Gasteiger partial charge in [0.05, 0.1) is 16.7 Å². The van der Waals surface area contributed by atoms with E-state index in [-0.39, 0.29) is 5.41 Å². The van der Waals surface area contributed by atoms with Crippen LogP contribution in [0.2, 0.25) is 0 Å². The number of hydrogen-bond acceptors (Lipinski definition) is 4. The molecule has 5 aromatic carbocycles. The highest BCUT2D eigenvalue weighted by Gasteiger charge is 2.38. The third kappa shape index (κ3) is 4.25. The average Bonchev–Trinajstić information content (AvgIpc) is 3.64. The number of imidazole rings is 1. The second-order valence-corrected chi connectivity index (χ2v) is 13.9. The molecule has 0 radical (unpaired) electrons. The summed E-state index contributed by atoms with van der Waals surface area (Å²) in [4.78, 5) is 12.0. The van der Waals surface area contributed by atoms with Crippen molar-refractivity contribution in [1.29, 1.82) is 0 Å². The molecule has 228 valence electrons. The van der Waals surface area contributed by atoms with Crippen molar-refractivity contribution in [3.8, 4) is 11.4 Å². The van der Waals surface area contributed by atoms with Crippen molar-refractivity contribution in [3.63, 3.8) is 0 Å². The van der Waals surface area contributed by atoms with Gasteiger partial charge in [-0.25, -0.2) is 14.4 Å². The van der Waals surface area contributed by atoms with Crippen LogP contribution in [0.25, 0.3) is 42.6 Å². The summed E-state index contributed by atoms with van der Waals surface area (Å²) in [6, 6.07) is 41.0. The number of halogens is 1. The monoisotopic (exact) mass is 630 g/mol. The van der Waals surface area contributed by atoms with E-state index in [9.17, 15) is 0 Å². The zero-order valence-corrected chi connectivity index (χ0v) is 27.1. The molecule has 0 fully saturated rings. The number of anilines is 3. The second-order valence-electron chi connectivity index (χ2n) is 12.9. The molecule has 0 aliphatic carbocycles. The number of alkyl halides is 1. The summed E-state index contributed by atoms with van der Waals surface area (Å²) in [7, 11) is 2.00. The third-order valence-corrected chi connectivity index (χ3v) is 10.9. The van der Waals surface area contributed by atoms with Crippen LogP contribution in [-0.2, 0) is 12.5 Å². The molecule has 0 saturated heterocycles. The van der Waals surface area contributed by atoms with Crippen LogP contribution in [0, 0.1) is 0 Å². The van der Waals surface area contributed by atoms with Crippen molar-refractivity contribution in [3.05, 3.63) is 150 Å². The number of pyridine rings is 1. The molecule has 9 rings (SSSR count). The molecule has 0 saturated carbocycles. The first-order valence-electron chi connectivity index (χ1n) is 15.9. The number of aryl methyl sites for hydroxylation is 1. The maximum absolute atomic E-state index is 16.6. The fraction of sp³-hybridized carbons (Fsp3) is 0.122. The van der Waals surface area contributed by atoms with Gasteiger partial charge in [-0.1, -0.05) is 80.6 Å². The maximum Gasteiger partial charge on any atom is 0.150 e. The predicted molar refractivity (Wildman–Crippen MR) is 193 cm³/mol. The van der Waals surface area contributed by atoms with Crippen molar-refractivity contribution in [1.82, 2.24) is 14.5 Å². The topological polar surface area (TPSA) is 34.0 Å². The second kappa shape index (κ2) is 10.3. The van der Waals surface area contributed by atoms with Crippen LogP contribution in [-0.4, -0.2) is 14.5 Å². The Morgan fingerprint density at radius 3 is 2.38 bits per heavy atom. The minimum absolute atomic E-state index is 0.275. The van der Waals surface area contributed by atoms with E-state index in [0.717, 1.165) is 45.2 Å². The van der Waals surface area contributed by atoms with Crippen LogP contribution in [0.15, 0.2) is 128 Å². The summed E-state index contributed by atoms with van der Waals surface area (Å²) in [6.07, 6.45) is 0.526. The molecule has 1 atom stereocenters. The van der Waals surface area contributed by atoms with E-state index in [1.165, 1.54) is 25.7 Å². The Kier molecular flexibility index (Phi) is 6.15. The molecule has 0 amide bonds. The largest absolute Gasteiger partial charge is 0.327 e. The van der Waals surface area contributed by atoms with Crippen molar-refractivity contribution in [2.24, 2.45) is 7.05 Å². The first kappa shape index (κ1) is 27.9. The highest BCUT2D eigenvalue weighted by atomic mass is 32.1.